The third-order valence-electron chi connectivity index (χ3n) is 6.70. The van der Waals surface area contributed by atoms with Gasteiger partial charge in [0.1, 0.15) is 10.9 Å². The molecule has 0 aliphatic heterocycles. The molecule has 0 aliphatic rings. The van der Waals surface area contributed by atoms with Crippen molar-refractivity contribution in [2.45, 2.75) is 10.1 Å². The number of hydrogen-bond acceptors (Lipinski definition) is 5. The molecule has 5 aromatic carbocycles. The molecule has 0 bridgehead atoms. The first-order valence-electron chi connectivity index (χ1n) is 14.3. The molecule has 9 heteroatoms. The second kappa shape index (κ2) is 15.2. The Balaban J connectivity index is 1.36. The largest absolute Gasteiger partial charge is 0.478 e. The number of anilines is 2. The molecule has 5 rings (SSSR count). The van der Waals surface area contributed by atoms with Gasteiger partial charge in [-0.2, -0.15) is 0 Å². The minimum atomic E-state index is -1.09. The highest BCUT2D eigenvalue weighted by atomic mass is 32.2. The second-order valence-electron chi connectivity index (χ2n) is 10.1. The highest BCUT2D eigenvalue weighted by Gasteiger charge is 2.23. The fourth-order valence-electron chi connectivity index (χ4n) is 4.48. The van der Waals surface area contributed by atoms with Gasteiger partial charge in [0, 0.05) is 21.8 Å². The van der Waals surface area contributed by atoms with E-state index < -0.39 is 23.0 Å². The van der Waals surface area contributed by atoms with E-state index >= 15 is 0 Å². The van der Waals surface area contributed by atoms with Crippen LogP contribution < -0.4 is 16.0 Å². The van der Waals surface area contributed by atoms with Crippen molar-refractivity contribution in [2.75, 3.05) is 10.6 Å². The quantitative estimate of drug-likeness (QED) is 0.0902. The lowest BCUT2D eigenvalue weighted by atomic mass is 10.1. The van der Waals surface area contributed by atoms with Gasteiger partial charge in [0.15, 0.2) is 0 Å². The normalized spacial score (nSPS) is 11.6. The molecule has 46 heavy (non-hydrogen) atoms. The minimum Gasteiger partial charge on any atom is -0.478 e. The lowest BCUT2D eigenvalue weighted by Gasteiger charge is -2.18. The first-order valence-corrected chi connectivity index (χ1v) is 15.1. The zero-order valence-corrected chi connectivity index (χ0v) is 25.2. The molecule has 1 atom stereocenters. The van der Waals surface area contributed by atoms with Crippen LogP contribution in [-0.2, 0) is 9.59 Å². The number of aromatic carboxylic acids is 1. The maximum atomic E-state index is 13.5. The Bertz CT molecular complexity index is 1880. The van der Waals surface area contributed by atoms with Crippen molar-refractivity contribution in [2.24, 2.45) is 0 Å². The van der Waals surface area contributed by atoms with Crippen LogP contribution in [0.4, 0.5) is 11.4 Å². The number of carbonyl (C=O) groups excluding carboxylic acids is 3. The average Bonchev–Trinajstić information content (AvgIpc) is 3.08. The number of benzene rings is 5. The zero-order chi connectivity index (χ0) is 32.3. The Morgan fingerprint density at radius 3 is 1.89 bits per heavy atom. The summed E-state index contributed by atoms with van der Waals surface area (Å²) in [5, 5.41) is 17.1. The zero-order valence-electron chi connectivity index (χ0n) is 24.4. The van der Waals surface area contributed by atoms with Crippen molar-refractivity contribution in [3.63, 3.8) is 0 Å². The highest BCUT2D eigenvalue weighted by Crippen LogP contribution is 2.37. The number of carboxylic acids is 1. The van der Waals surface area contributed by atoms with Gasteiger partial charge >= 0.3 is 5.97 Å². The predicted molar refractivity (Wildman–Crippen MR) is 180 cm³/mol. The van der Waals surface area contributed by atoms with E-state index in [4.69, 9.17) is 0 Å². The summed E-state index contributed by atoms with van der Waals surface area (Å²) in [6.07, 6.45) is 1.60. The van der Waals surface area contributed by atoms with E-state index in [1.165, 1.54) is 23.9 Å². The van der Waals surface area contributed by atoms with E-state index in [0.29, 0.717) is 21.8 Å². The van der Waals surface area contributed by atoms with Crippen LogP contribution in [0.5, 0.6) is 0 Å². The highest BCUT2D eigenvalue weighted by molar-refractivity contribution is 8.00. The summed E-state index contributed by atoms with van der Waals surface area (Å²) < 4.78 is 0. The van der Waals surface area contributed by atoms with E-state index in [2.05, 4.69) is 16.0 Å². The first-order chi connectivity index (χ1) is 22.4. The number of thioether (sulfide) groups is 1. The Morgan fingerprint density at radius 2 is 1.22 bits per heavy atom. The fourth-order valence-corrected chi connectivity index (χ4v) is 5.56. The summed E-state index contributed by atoms with van der Waals surface area (Å²) in [5.74, 6) is -2.38. The molecule has 0 saturated carbocycles. The smallest absolute Gasteiger partial charge is 0.335 e. The van der Waals surface area contributed by atoms with E-state index in [0.717, 1.165) is 11.1 Å². The lowest BCUT2D eigenvalue weighted by molar-refractivity contribution is -0.116. The number of carbonyl (C=O) groups is 4. The van der Waals surface area contributed by atoms with Gasteiger partial charge in [-0.3, -0.25) is 14.4 Å². The van der Waals surface area contributed by atoms with Crippen molar-refractivity contribution in [1.29, 1.82) is 0 Å². The Morgan fingerprint density at radius 1 is 0.630 bits per heavy atom. The van der Waals surface area contributed by atoms with Crippen LogP contribution in [0.1, 0.15) is 37.1 Å². The molecule has 5 aromatic rings. The van der Waals surface area contributed by atoms with E-state index in [-0.39, 0.29) is 17.2 Å². The summed E-state index contributed by atoms with van der Waals surface area (Å²) in [6, 6.07) is 40.1. The first kappa shape index (κ1) is 31.5. The second-order valence-corrected chi connectivity index (χ2v) is 11.2. The molecule has 0 aromatic heterocycles. The molecule has 0 saturated heterocycles. The third-order valence-corrected chi connectivity index (χ3v) is 7.95. The monoisotopic (exact) mass is 627 g/mol. The molecular weight excluding hydrogens is 598 g/mol. The van der Waals surface area contributed by atoms with Crippen molar-refractivity contribution < 1.29 is 24.3 Å². The SMILES string of the molecule is O=C(Nc1cccc(SC(C(=O)Nc2cccc(C(=O)O)c2)c2ccccc2)c1)/C(=C/c1ccccc1)NC(=O)c1ccccc1. The number of rotatable bonds is 11. The number of nitrogens with one attached hydrogen (secondary N) is 3. The van der Waals surface area contributed by atoms with Gasteiger partial charge in [-0.05, 0) is 65.7 Å². The summed E-state index contributed by atoms with van der Waals surface area (Å²) in [4.78, 5) is 52.1. The van der Waals surface area contributed by atoms with Crippen molar-refractivity contribution >= 4 is 52.9 Å². The summed E-state index contributed by atoms with van der Waals surface area (Å²) in [7, 11) is 0. The Hall–Kier alpha value is -5.93. The third kappa shape index (κ3) is 8.58. The average molecular weight is 628 g/mol. The fraction of sp³-hybridized carbons (Fsp3) is 0.0270. The van der Waals surface area contributed by atoms with Gasteiger partial charge < -0.3 is 21.1 Å². The van der Waals surface area contributed by atoms with Gasteiger partial charge in [-0.1, -0.05) is 91.0 Å². The molecule has 0 radical (unpaired) electrons. The Kier molecular flexibility index (Phi) is 10.4. The topological polar surface area (TPSA) is 125 Å². The van der Waals surface area contributed by atoms with E-state index in [9.17, 15) is 24.3 Å². The molecule has 0 heterocycles. The van der Waals surface area contributed by atoms with Gasteiger partial charge in [0.2, 0.25) is 5.91 Å². The molecule has 0 fully saturated rings. The van der Waals surface area contributed by atoms with Gasteiger partial charge in [-0.15, -0.1) is 11.8 Å². The summed E-state index contributed by atoms with van der Waals surface area (Å²) in [5.41, 5.74) is 2.83. The molecular formula is C37H29N3O5S. The molecule has 0 aliphatic carbocycles. The molecule has 4 N–H and O–H groups in total. The predicted octanol–water partition coefficient (Wildman–Crippen LogP) is 7.27. The van der Waals surface area contributed by atoms with Crippen molar-refractivity contribution in [3.05, 3.63) is 167 Å². The maximum Gasteiger partial charge on any atom is 0.335 e. The van der Waals surface area contributed by atoms with Crippen LogP contribution in [0.3, 0.4) is 0 Å². The number of hydrogen-bond donors (Lipinski definition) is 4. The van der Waals surface area contributed by atoms with E-state index in [1.807, 2.05) is 66.7 Å². The summed E-state index contributed by atoms with van der Waals surface area (Å²) >= 11 is 1.28. The van der Waals surface area contributed by atoms with Gasteiger partial charge in [0.05, 0.1) is 5.56 Å². The molecule has 1 unspecified atom stereocenters. The van der Waals surface area contributed by atoms with Gasteiger partial charge in [0.25, 0.3) is 11.8 Å². The van der Waals surface area contributed by atoms with Crippen LogP contribution in [0.2, 0.25) is 0 Å². The standard InChI is InChI=1S/C37H29N3O5S/c41-34(27-16-8-3-9-17-27)40-32(22-25-12-4-1-5-13-25)35(42)38-30-20-11-21-31(24-30)46-33(26-14-6-2-7-15-26)36(43)39-29-19-10-18-28(23-29)37(44)45/h1-24,33H,(H,38,42)(H,39,43)(H,40,41)(H,44,45)/b32-22-. The van der Waals surface area contributed by atoms with E-state index in [1.54, 1.807) is 66.7 Å². The molecule has 8 nitrogen and oxygen atoms in total. The minimum absolute atomic E-state index is 0.0586. The van der Waals surface area contributed by atoms with Crippen LogP contribution >= 0.6 is 11.8 Å². The van der Waals surface area contributed by atoms with Crippen LogP contribution in [0.15, 0.2) is 150 Å². The lowest BCUT2D eigenvalue weighted by Crippen LogP contribution is -2.30. The van der Waals surface area contributed by atoms with Gasteiger partial charge in [-0.25, -0.2) is 4.79 Å². The summed E-state index contributed by atoms with van der Waals surface area (Å²) in [6.45, 7) is 0. The van der Waals surface area contributed by atoms with Crippen LogP contribution in [0, 0.1) is 0 Å². The number of carboxylic acid groups (broad SMARTS) is 1. The maximum absolute atomic E-state index is 13.5. The number of amides is 3. The van der Waals surface area contributed by atoms with Crippen molar-refractivity contribution in [3.8, 4) is 0 Å². The van der Waals surface area contributed by atoms with Crippen LogP contribution in [0.25, 0.3) is 6.08 Å². The Labute approximate surface area is 270 Å². The molecule has 0 spiro atoms. The molecule has 3 amide bonds. The van der Waals surface area contributed by atoms with Crippen molar-refractivity contribution in [1.82, 2.24) is 5.32 Å². The van der Waals surface area contributed by atoms with Crippen LogP contribution in [-0.4, -0.2) is 28.8 Å². The molecule has 228 valence electrons.